The smallest absolute Gasteiger partial charge is 0.254 e. The Morgan fingerprint density at radius 3 is 2.82 bits per heavy atom. The summed E-state index contributed by atoms with van der Waals surface area (Å²) in [6.45, 7) is 4.75. The van der Waals surface area contributed by atoms with Crippen molar-refractivity contribution in [3.63, 3.8) is 0 Å². The molecule has 92 valence electrons. The maximum atomic E-state index is 5.38. The molecule has 0 saturated heterocycles. The summed E-state index contributed by atoms with van der Waals surface area (Å²) >= 11 is 4.75. The Morgan fingerprint density at radius 2 is 2.18 bits per heavy atom. The average Bonchev–Trinajstić information content (AvgIpc) is 2.35. The van der Waals surface area contributed by atoms with E-state index in [1.165, 1.54) is 11.1 Å². The fraction of sp³-hybridized carbons (Fsp3) is 0.462. The Bertz CT molecular complexity index is 408. The topological polar surface area (TPSA) is 38.5 Å². The van der Waals surface area contributed by atoms with Crippen LogP contribution in [0.4, 0.5) is 0 Å². The van der Waals surface area contributed by atoms with Gasteiger partial charge in [0.05, 0.1) is 0 Å². The second-order valence-electron chi connectivity index (χ2n) is 4.32. The lowest BCUT2D eigenvalue weighted by molar-refractivity contribution is 0.118. The van der Waals surface area contributed by atoms with Gasteiger partial charge in [0, 0.05) is 12.6 Å². The van der Waals surface area contributed by atoms with Gasteiger partial charge >= 0.3 is 0 Å². The van der Waals surface area contributed by atoms with E-state index in [1.54, 1.807) is 0 Å². The molecular formula is C13H18N2OS. The fourth-order valence-corrected chi connectivity index (χ4v) is 2.42. The predicted molar refractivity (Wildman–Crippen MR) is 72.8 cm³/mol. The van der Waals surface area contributed by atoms with Crippen molar-refractivity contribution in [2.75, 3.05) is 13.2 Å². The number of rotatable bonds is 3. The molecule has 1 aromatic rings. The Balaban J connectivity index is 2.10. The summed E-state index contributed by atoms with van der Waals surface area (Å²) in [6, 6.07) is 8.94. The van der Waals surface area contributed by atoms with E-state index in [9.17, 15) is 0 Å². The molecule has 1 aromatic carbocycles. The van der Waals surface area contributed by atoms with Crippen LogP contribution in [0.1, 0.15) is 18.1 Å². The Morgan fingerprint density at radius 1 is 1.47 bits per heavy atom. The van der Waals surface area contributed by atoms with Gasteiger partial charge < -0.3 is 10.5 Å². The fourth-order valence-electron chi connectivity index (χ4n) is 2.35. The van der Waals surface area contributed by atoms with Gasteiger partial charge in [0.25, 0.3) is 5.17 Å². The summed E-state index contributed by atoms with van der Waals surface area (Å²) in [6.07, 6.45) is 1.01. The van der Waals surface area contributed by atoms with Crippen LogP contribution in [0.25, 0.3) is 0 Å². The van der Waals surface area contributed by atoms with E-state index in [-0.39, 0.29) is 5.17 Å². The van der Waals surface area contributed by atoms with Crippen molar-refractivity contribution in [3.8, 4) is 0 Å². The highest BCUT2D eigenvalue weighted by Gasteiger charge is 2.25. The molecule has 0 aliphatic carbocycles. The molecule has 0 aromatic heterocycles. The van der Waals surface area contributed by atoms with Crippen molar-refractivity contribution in [1.29, 1.82) is 0 Å². The van der Waals surface area contributed by atoms with E-state index in [4.69, 9.17) is 22.7 Å². The van der Waals surface area contributed by atoms with Crippen LogP contribution in [-0.2, 0) is 17.7 Å². The molecule has 1 heterocycles. The molecule has 3 nitrogen and oxygen atoms in total. The van der Waals surface area contributed by atoms with Crippen LogP contribution in [0.3, 0.4) is 0 Å². The van der Waals surface area contributed by atoms with Crippen LogP contribution >= 0.6 is 12.2 Å². The van der Waals surface area contributed by atoms with Crippen LogP contribution in [0.15, 0.2) is 24.3 Å². The zero-order valence-electron chi connectivity index (χ0n) is 10.1. The molecule has 0 unspecified atom stereocenters. The van der Waals surface area contributed by atoms with Crippen LogP contribution in [0.5, 0.6) is 0 Å². The SMILES string of the molecule is CCN1Cc2ccccc2C[C@H]1COC(N)=S. The number of nitrogens with two attached hydrogens (primary N) is 1. The normalized spacial score (nSPS) is 19.7. The summed E-state index contributed by atoms with van der Waals surface area (Å²) in [4.78, 5) is 2.40. The molecule has 1 atom stereocenters. The summed E-state index contributed by atoms with van der Waals surface area (Å²) in [5.41, 5.74) is 8.21. The Hall–Kier alpha value is -1.13. The number of ether oxygens (including phenoxy) is 1. The number of hydrogen-bond acceptors (Lipinski definition) is 3. The minimum atomic E-state index is 0.139. The predicted octanol–water partition coefficient (Wildman–Crippen LogP) is 1.69. The van der Waals surface area contributed by atoms with Gasteiger partial charge in [-0.3, -0.25) is 4.90 Å². The van der Waals surface area contributed by atoms with Gasteiger partial charge in [-0.15, -0.1) is 0 Å². The number of thiocarbonyl (C=S) groups is 1. The minimum absolute atomic E-state index is 0.139. The molecular weight excluding hydrogens is 232 g/mol. The third-order valence-electron chi connectivity index (χ3n) is 3.29. The molecule has 2 rings (SSSR count). The first-order chi connectivity index (χ1) is 8.20. The van der Waals surface area contributed by atoms with Crippen molar-refractivity contribution in [2.45, 2.75) is 25.9 Å². The highest BCUT2D eigenvalue weighted by atomic mass is 32.1. The zero-order chi connectivity index (χ0) is 12.3. The van der Waals surface area contributed by atoms with E-state index in [0.29, 0.717) is 12.6 Å². The van der Waals surface area contributed by atoms with Crippen molar-refractivity contribution in [2.24, 2.45) is 5.73 Å². The lowest BCUT2D eigenvalue weighted by atomic mass is 9.94. The van der Waals surface area contributed by atoms with E-state index in [2.05, 4.69) is 36.1 Å². The minimum Gasteiger partial charge on any atom is -0.470 e. The molecule has 0 amide bonds. The second kappa shape index (κ2) is 5.47. The number of likely N-dealkylation sites (N-methyl/N-ethyl adjacent to an activating group) is 1. The van der Waals surface area contributed by atoms with E-state index in [0.717, 1.165) is 19.5 Å². The molecule has 0 saturated carbocycles. The van der Waals surface area contributed by atoms with Crippen molar-refractivity contribution >= 4 is 17.4 Å². The van der Waals surface area contributed by atoms with Crippen LogP contribution < -0.4 is 5.73 Å². The summed E-state index contributed by atoms with van der Waals surface area (Å²) in [5, 5.41) is 0.139. The van der Waals surface area contributed by atoms with Crippen LogP contribution in [-0.4, -0.2) is 29.3 Å². The first kappa shape index (κ1) is 12.3. The molecule has 0 spiro atoms. The third-order valence-corrected chi connectivity index (χ3v) is 3.41. The molecule has 1 aliphatic rings. The molecule has 1 aliphatic heterocycles. The van der Waals surface area contributed by atoms with Gasteiger partial charge in [0.1, 0.15) is 6.61 Å². The number of benzene rings is 1. The standard InChI is InChI=1S/C13H18N2OS/c1-2-15-8-11-6-4-3-5-10(11)7-12(15)9-16-13(14)17/h3-6,12H,2,7-9H2,1H3,(H2,14,17)/t12-/m0/s1. The molecule has 0 radical (unpaired) electrons. The first-order valence-electron chi connectivity index (χ1n) is 5.93. The summed E-state index contributed by atoms with van der Waals surface area (Å²) in [7, 11) is 0. The van der Waals surface area contributed by atoms with Gasteiger partial charge in [-0.1, -0.05) is 31.2 Å². The monoisotopic (exact) mass is 250 g/mol. The van der Waals surface area contributed by atoms with Gasteiger partial charge in [-0.05, 0) is 36.3 Å². The van der Waals surface area contributed by atoms with Crippen molar-refractivity contribution < 1.29 is 4.74 Å². The molecule has 17 heavy (non-hydrogen) atoms. The highest BCUT2D eigenvalue weighted by Crippen LogP contribution is 2.23. The lowest BCUT2D eigenvalue weighted by Gasteiger charge is -2.35. The molecule has 4 heteroatoms. The maximum Gasteiger partial charge on any atom is 0.254 e. The largest absolute Gasteiger partial charge is 0.470 e. The molecule has 0 bridgehead atoms. The maximum absolute atomic E-state index is 5.38. The third kappa shape index (κ3) is 2.96. The van der Waals surface area contributed by atoms with E-state index in [1.807, 2.05) is 0 Å². The van der Waals surface area contributed by atoms with E-state index >= 15 is 0 Å². The van der Waals surface area contributed by atoms with E-state index < -0.39 is 0 Å². The molecule has 0 fully saturated rings. The Kier molecular flexibility index (Phi) is 3.97. The van der Waals surface area contributed by atoms with Crippen LogP contribution in [0, 0.1) is 0 Å². The number of fused-ring (bicyclic) bond motifs is 1. The van der Waals surface area contributed by atoms with Crippen molar-refractivity contribution in [1.82, 2.24) is 4.90 Å². The summed E-state index contributed by atoms with van der Waals surface area (Å²) < 4.78 is 5.30. The lowest BCUT2D eigenvalue weighted by Crippen LogP contribution is -2.43. The number of hydrogen-bond donors (Lipinski definition) is 1. The first-order valence-corrected chi connectivity index (χ1v) is 6.34. The zero-order valence-corrected chi connectivity index (χ0v) is 10.9. The van der Waals surface area contributed by atoms with Gasteiger partial charge in [0.15, 0.2) is 0 Å². The average molecular weight is 250 g/mol. The molecule has 2 N–H and O–H groups in total. The quantitative estimate of drug-likeness (QED) is 0.829. The van der Waals surface area contributed by atoms with Gasteiger partial charge in [-0.2, -0.15) is 0 Å². The number of nitrogens with zero attached hydrogens (tertiary/aromatic N) is 1. The summed E-state index contributed by atoms with van der Waals surface area (Å²) in [5.74, 6) is 0. The van der Waals surface area contributed by atoms with Gasteiger partial charge in [-0.25, -0.2) is 0 Å². The second-order valence-corrected chi connectivity index (χ2v) is 4.72. The Labute approximate surface area is 108 Å². The highest BCUT2D eigenvalue weighted by molar-refractivity contribution is 7.80. The van der Waals surface area contributed by atoms with Crippen molar-refractivity contribution in [3.05, 3.63) is 35.4 Å². The van der Waals surface area contributed by atoms with Gasteiger partial charge in [0.2, 0.25) is 0 Å². The van der Waals surface area contributed by atoms with Crippen LogP contribution in [0.2, 0.25) is 0 Å².